The van der Waals surface area contributed by atoms with Crippen LogP contribution < -0.4 is 14.2 Å². The largest absolute Gasteiger partial charge is 0.492 e. The second-order valence-corrected chi connectivity index (χ2v) is 15.5. The van der Waals surface area contributed by atoms with Crippen LogP contribution in [-0.4, -0.2) is 43.2 Å². The quantitative estimate of drug-likeness (QED) is 0.0277. The van der Waals surface area contributed by atoms with Crippen molar-refractivity contribution in [1.29, 1.82) is 0 Å². The molecule has 4 aromatic rings. The predicted molar refractivity (Wildman–Crippen MR) is 235 cm³/mol. The molecule has 0 spiro atoms. The van der Waals surface area contributed by atoms with Crippen LogP contribution in [0.5, 0.6) is 17.2 Å². The van der Waals surface area contributed by atoms with Crippen molar-refractivity contribution in [2.75, 3.05) is 13.2 Å². The lowest BCUT2D eigenvalue weighted by molar-refractivity contribution is -0.153. The van der Waals surface area contributed by atoms with Crippen molar-refractivity contribution in [2.45, 2.75) is 117 Å². The van der Waals surface area contributed by atoms with Crippen LogP contribution in [0.15, 0.2) is 91.0 Å². The summed E-state index contributed by atoms with van der Waals surface area (Å²) >= 11 is 2.30. The first-order chi connectivity index (χ1) is 28.2. The molecular formula is C48H57IO9. The van der Waals surface area contributed by atoms with E-state index in [2.05, 4.69) is 42.5 Å². The molecule has 0 amide bonds. The van der Waals surface area contributed by atoms with Crippen LogP contribution in [0.25, 0.3) is 11.1 Å². The SMILES string of the molecule is CCCCCCCCCCCCOc1ccc(-c2ccc(C(=O)Oc3ccc(C(=O)Oc4ccc(C(=O)OC(C)C(=O)OCCCCCC)cc4)cc3)cc2)cc1I. The highest BCUT2D eigenvalue weighted by molar-refractivity contribution is 14.1. The molecule has 0 radical (unpaired) electrons. The van der Waals surface area contributed by atoms with Gasteiger partial charge in [0, 0.05) is 0 Å². The second kappa shape index (κ2) is 25.6. The van der Waals surface area contributed by atoms with Gasteiger partial charge in [-0.2, -0.15) is 0 Å². The fraction of sp³-hybridized carbons (Fsp3) is 0.417. The third-order valence-corrected chi connectivity index (χ3v) is 10.4. The number of carbonyl (C=O) groups is 4. The van der Waals surface area contributed by atoms with Crippen molar-refractivity contribution in [3.05, 3.63) is 111 Å². The summed E-state index contributed by atoms with van der Waals surface area (Å²) in [5, 5.41) is 0. The summed E-state index contributed by atoms with van der Waals surface area (Å²) in [7, 11) is 0. The maximum absolute atomic E-state index is 12.9. The fourth-order valence-electron chi connectivity index (χ4n) is 6.11. The van der Waals surface area contributed by atoms with Gasteiger partial charge in [-0.15, -0.1) is 0 Å². The highest BCUT2D eigenvalue weighted by atomic mass is 127. The molecule has 0 fully saturated rings. The summed E-state index contributed by atoms with van der Waals surface area (Å²) in [5.74, 6) is -1.10. The van der Waals surface area contributed by atoms with E-state index in [1.165, 1.54) is 113 Å². The number of hydrogen-bond acceptors (Lipinski definition) is 9. The molecule has 0 bridgehead atoms. The molecule has 0 aromatic heterocycles. The minimum atomic E-state index is -1.05. The molecule has 0 aliphatic carbocycles. The number of unbranched alkanes of at least 4 members (excludes halogenated alkanes) is 12. The van der Waals surface area contributed by atoms with E-state index in [-0.39, 0.29) is 29.2 Å². The van der Waals surface area contributed by atoms with Crippen LogP contribution in [-0.2, 0) is 14.3 Å². The maximum Gasteiger partial charge on any atom is 0.347 e. The lowest BCUT2D eigenvalue weighted by atomic mass is 10.0. The fourth-order valence-corrected chi connectivity index (χ4v) is 6.78. The zero-order chi connectivity index (χ0) is 41.5. The predicted octanol–water partition coefficient (Wildman–Crippen LogP) is 12.4. The van der Waals surface area contributed by atoms with Crippen molar-refractivity contribution >= 4 is 46.5 Å². The number of carbonyl (C=O) groups excluding carboxylic acids is 4. The molecule has 1 atom stereocenters. The van der Waals surface area contributed by atoms with E-state index in [1.807, 2.05) is 24.3 Å². The Balaban J connectivity index is 1.18. The van der Waals surface area contributed by atoms with Crippen LogP contribution in [0.4, 0.5) is 0 Å². The zero-order valence-electron chi connectivity index (χ0n) is 34.1. The Morgan fingerprint density at radius 1 is 0.517 bits per heavy atom. The number of hydrogen-bond donors (Lipinski definition) is 0. The number of benzene rings is 4. The van der Waals surface area contributed by atoms with E-state index in [9.17, 15) is 19.2 Å². The zero-order valence-corrected chi connectivity index (χ0v) is 36.3. The summed E-state index contributed by atoms with van der Waals surface area (Å²) in [4.78, 5) is 50.4. The van der Waals surface area contributed by atoms with Gasteiger partial charge in [0.1, 0.15) is 17.2 Å². The number of rotatable bonds is 25. The minimum Gasteiger partial charge on any atom is -0.492 e. The third-order valence-electron chi connectivity index (χ3n) is 9.60. The first-order valence-corrected chi connectivity index (χ1v) is 21.8. The van der Waals surface area contributed by atoms with E-state index in [1.54, 1.807) is 12.1 Å². The van der Waals surface area contributed by atoms with Gasteiger partial charge in [-0.1, -0.05) is 109 Å². The van der Waals surface area contributed by atoms with Crippen molar-refractivity contribution in [3.63, 3.8) is 0 Å². The van der Waals surface area contributed by atoms with Gasteiger partial charge < -0.3 is 23.7 Å². The Hall–Kier alpha value is -4.71. The minimum absolute atomic E-state index is 0.187. The van der Waals surface area contributed by atoms with E-state index >= 15 is 0 Å². The molecule has 9 nitrogen and oxygen atoms in total. The van der Waals surface area contributed by atoms with Crippen molar-refractivity contribution < 1.29 is 42.9 Å². The molecule has 1 unspecified atom stereocenters. The number of ether oxygens (including phenoxy) is 5. The van der Waals surface area contributed by atoms with E-state index in [0.29, 0.717) is 12.2 Å². The summed E-state index contributed by atoms with van der Waals surface area (Å²) in [6.45, 7) is 6.82. The van der Waals surface area contributed by atoms with Crippen LogP contribution >= 0.6 is 22.6 Å². The van der Waals surface area contributed by atoms with Gasteiger partial charge in [0.15, 0.2) is 6.10 Å². The van der Waals surface area contributed by atoms with Crippen molar-refractivity contribution in [3.8, 4) is 28.4 Å². The monoisotopic (exact) mass is 904 g/mol. The normalized spacial score (nSPS) is 11.4. The molecule has 310 valence electrons. The van der Waals surface area contributed by atoms with Crippen LogP contribution in [0.3, 0.4) is 0 Å². The Labute approximate surface area is 357 Å². The van der Waals surface area contributed by atoms with Crippen LogP contribution in [0.1, 0.15) is 142 Å². The molecule has 0 heterocycles. The van der Waals surface area contributed by atoms with E-state index in [0.717, 1.165) is 52.6 Å². The number of halogens is 1. The molecule has 0 aliphatic heterocycles. The summed E-state index contributed by atoms with van der Waals surface area (Å²) in [5.41, 5.74) is 2.80. The maximum atomic E-state index is 12.9. The standard InChI is InChI=1S/C48H57IO9/c1-4-6-8-10-11-12-13-14-15-17-32-54-44-31-26-40(34-43(44)49)36-18-20-37(21-19-36)47(52)57-42-29-24-39(25-30-42)48(53)58-41-27-22-38(23-28-41)46(51)56-35(3)45(50)55-33-16-9-7-5-2/h18-31,34-35H,4-17,32-33H2,1-3H3. The average Bonchev–Trinajstić information content (AvgIpc) is 3.23. The van der Waals surface area contributed by atoms with Gasteiger partial charge in [0.2, 0.25) is 0 Å². The lowest BCUT2D eigenvalue weighted by Gasteiger charge is -2.13. The van der Waals surface area contributed by atoms with E-state index < -0.39 is 30.0 Å². The van der Waals surface area contributed by atoms with Gasteiger partial charge in [-0.3, -0.25) is 0 Å². The lowest BCUT2D eigenvalue weighted by Crippen LogP contribution is -2.26. The molecule has 10 heteroatoms. The van der Waals surface area contributed by atoms with Gasteiger partial charge in [0.25, 0.3) is 0 Å². The highest BCUT2D eigenvalue weighted by Crippen LogP contribution is 2.29. The molecule has 0 N–H and O–H groups in total. The Morgan fingerprint density at radius 2 is 0.948 bits per heavy atom. The van der Waals surface area contributed by atoms with Crippen LogP contribution in [0.2, 0.25) is 0 Å². The second-order valence-electron chi connectivity index (χ2n) is 14.4. The molecule has 4 rings (SSSR count). The smallest absolute Gasteiger partial charge is 0.347 e. The molecule has 0 aliphatic rings. The summed E-state index contributed by atoms with van der Waals surface area (Å²) in [6.07, 6.45) is 15.8. The van der Waals surface area contributed by atoms with E-state index in [4.69, 9.17) is 23.7 Å². The van der Waals surface area contributed by atoms with Gasteiger partial charge in [-0.25, -0.2) is 19.2 Å². The Morgan fingerprint density at radius 3 is 1.47 bits per heavy atom. The summed E-state index contributed by atoms with van der Waals surface area (Å²) in [6, 6.07) is 25.1. The molecule has 4 aromatic carbocycles. The van der Waals surface area contributed by atoms with Gasteiger partial charge in [0.05, 0.1) is 33.5 Å². The van der Waals surface area contributed by atoms with Crippen molar-refractivity contribution in [1.82, 2.24) is 0 Å². The van der Waals surface area contributed by atoms with Gasteiger partial charge in [-0.05, 0) is 126 Å². The summed E-state index contributed by atoms with van der Waals surface area (Å²) < 4.78 is 28.5. The highest BCUT2D eigenvalue weighted by Gasteiger charge is 2.21. The third kappa shape index (κ3) is 15.9. The Bertz CT molecular complexity index is 1870. The van der Waals surface area contributed by atoms with Crippen LogP contribution in [0, 0.1) is 3.57 Å². The first-order valence-electron chi connectivity index (χ1n) is 20.7. The number of esters is 4. The topological polar surface area (TPSA) is 114 Å². The van der Waals surface area contributed by atoms with Gasteiger partial charge >= 0.3 is 23.9 Å². The average molecular weight is 905 g/mol. The molecule has 58 heavy (non-hydrogen) atoms. The molecule has 0 saturated heterocycles. The molecular weight excluding hydrogens is 847 g/mol. The molecule has 0 saturated carbocycles. The Kier molecular flexibility index (Phi) is 20.3. The first kappa shape index (κ1) is 46.0. The van der Waals surface area contributed by atoms with Crippen molar-refractivity contribution in [2.24, 2.45) is 0 Å².